The van der Waals surface area contributed by atoms with Gasteiger partial charge in [-0.15, -0.1) is 0 Å². The zero-order chi connectivity index (χ0) is 30.1. The molecule has 0 fully saturated rings. The second-order valence-electron chi connectivity index (χ2n) is 8.73. The van der Waals surface area contributed by atoms with Crippen molar-refractivity contribution in [3.8, 4) is 23.0 Å². The molecule has 0 spiro atoms. The van der Waals surface area contributed by atoms with Crippen LogP contribution < -0.4 is 18.9 Å². The minimum Gasteiger partial charge on any atom is -0.497 e. The monoisotopic (exact) mass is 563 g/mol. The minimum absolute atomic E-state index is 0.179. The Morgan fingerprint density at radius 2 is 1.29 bits per heavy atom. The molecule has 0 radical (unpaired) electrons. The van der Waals surface area contributed by atoms with Gasteiger partial charge in [0.25, 0.3) is 12.2 Å². The molecule has 0 aliphatic heterocycles. The van der Waals surface area contributed by atoms with Gasteiger partial charge in [-0.1, -0.05) is 30.3 Å². The normalized spacial score (nSPS) is 10.3. The summed E-state index contributed by atoms with van der Waals surface area (Å²) in [6.07, 6.45) is -0.957. The highest BCUT2D eigenvalue weighted by molar-refractivity contribution is 6.04. The van der Waals surface area contributed by atoms with Crippen molar-refractivity contribution in [1.29, 1.82) is 0 Å². The lowest BCUT2D eigenvalue weighted by Gasteiger charge is -2.16. The fourth-order valence-electron chi connectivity index (χ4n) is 4.13. The number of carbonyl (C=O) groups is 3. The van der Waals surface area contributed by atoms with E-state index in [1.165, 1.54) is 35.2 Å². The van der Waals surface area contributed by atoms with Gasteiger partial charge in [-0.05, 0) is 43.3 Å². The van der Waals surface area contributed by atoms with Crippen LogP contribution in [0.15, 0.2) is 66.7 Å². The van der Waals surface area contributed by atoms with Gasteiger partial charge >= 0.3 is 11.9 Å². The van der Waals surface area contributed by atoms with Crippen LogP contribution >= 0.6 is 0 Å². The van der Waals surface area contributed by atoms with Gasteiger partial charge < -0.3 is 28.4 Å². The number of rotatable bonds is 8. The average molecular weight is 564 g/mol. The highest BCUT2D eigenvalue weighted by Crippen LogP contribution is 2.38. The van der Waals surface area contributed by atoms with Crippen molar-refractivity contribution in [1.82, 2.24) is 4.57 Å². The first-order valence-corrected chi connectivity index (χ1v) is 12.5. The first kappa shape index (κ1) is 30.6. The molecule has 3 aromatic carbocycles. The maximum absolute atomic E-state index is 13.2. The molecule has 10 heteroatoms. The van der Waals surface area contributed by atoms with Crippen LogP contribution in [0.4, 0.5) is 0 Å². The lowest BCUT2D eigenvalue weighted by Crippen LogP contribution is -2.14. The number of carbonyl (C=O) groups excluding carboxylic acids is 3. The van der Waals surface area contributed by atoms with Gasteiger partial charge in [0.15, 0.2) is 11.5 Å². The van der Waals surface area contributed by atoms with Crippen LogP contribution in [0.5, 0.6) is 23.0 Å². The number of methoxy groups -OCH3 is 4. The predicted molar refractivity (Wildman–Crippen MR) is 152 cm³/mol. The molecule has 1 heterocycles. The van der Waals surface area contributed by atoms with E-state index in [1.807, 2.05) is 37.3 Å². The number of nitrogens with zero attached hydrogens (tertiary/aromatic N) is 1. The summed E-state index contributed by atoms with van der Waals surface area (Å²) in [5, 5.41) is 0.933. The van der Waals surface area contributed by atoms with Gasteiger partial charge in [0.05, 0.1) is 34.0 Å². The fraction of sp³-hybridized carbons (Fsp3) is 0.258. The molecule has 0 atom stereocenters. The zero-order valence-electron chi connectivity index (χ0n) is 24.0. The van der Waals surface area contributed by atoms with Crippen LogP contribution in [-0.2, 0) is 19.1 Å². The van der Waals surface area contributed by atoms with Gasteiger partial charge in [0.2, 0.25) is 5.75 Å². The second-order valence-corrected chi connectivity index (χ2v) is 8.73. The summed E-state index contributed by atoms with van der Waals surface area (Å²) in [5.41, 5.74) is 2.70. The molecule has 10 nitrogen and oxygen atoms in total. The van der Waals surface area contributed by atoms with Crippen LogP contribution in [0.1, 0.15) is 41.8 Å². The molecule has 216 valence electrons. The number of hydrogen-bond acceptors (Lipinski definition) is 9. The number of benzene rings is 3. The van der Waals surface area contributed by atoms with E-state index in [-0.39, 0.29) is 5.91 Å². The molecule has 0 unspecified atom stereocenters. The van der Waals surface area contributed by atoms with Crippen molar-refractivity contribution >= 4 is 28.7 Å². The molecule has 0 aliphatic carbocycles. The van der Waals surface area contributed by atoms with Gasteiger partial charge in [-0.25, -0.2) is 0 Å². The van der Waals surface area contributed by atoms with Gasteiger partial charge in [-0.2, -0.15) is 0 Å². The van der Waals surface area contributed by atoms with Crippen molar-refractivity contribution in [2.24, 2.45) is 0 Å². The molecular formula is C31H33NO9. The fourth-order valence-corrected chi connectivity index (χ4v) is 4.13. The van der Waals surface area contributed by atoms with Gasteiger partial charge in [0.1, 0.15) is 5.75 Å². The van der Waals surface area contributed by atoms with E-state index >= 15 is 0 Å². The second kappa shape index (κ2) is 13.9. The lowest BCUT2D eigenvalue weighted by molar-refractivity contribution is -0.186. The molecule has 1 aromatic heterocycles. The van der Waals surface area contributed by atoms with E-state index in [0.717, 1.165) is 22.3 Å². The summed E-state index contributed by atoms with van der Waals surface area (Å²) in [5.74, 6) is 0.898. The number of fused-ring (bicyclic) bond motifs is 1. The number of esters is 2. The summed E-state index contributed by atoms with van der Waals surface area (Å²) in [6.45, 7) is 4.42. The van der Waals surface area contributed by atoms with E-state index in [9.17, 15) is 14.4 Å². The Kier molecular flexibility index (Phi) is 10.3. The Morgan fingerprint density at radius 3 is 1.78 bits per heavy atom. The Balaban J connectivity index is 0.000000263. The van der Waals surface area contributed by atoms with Crippen molar-refractivity contribution in [3.05, 3.63) is 83.6 Å². The van der Waals surface area contributed by atoms with E-state index in [1.54, 1.807) is 48.1 Å². The SMILES string of the molecule is CC(=O)OC(OC(C)=O)c1ccccc1.COc1ccc2c(c1)cc(C)n2C(=O)c1cc(OC)c(OC)c(OC)c1. The molecule has 0 saturated heterocycles. The highest BCUT2D eigenvalue weighted by Gasteiger charge is 2.21. The first-order valence-electron chi connectivity index (χ1n) is 12.5. The summed E-state index contributed by atoms with van der Waals surface area (Å²) in [4.78, 5) is 34.8. The molecular weight excluding hydrogens is 530 g/mol. The molecule has 0 N–H and O–H groups in total. The summed E-state index contributed by atoms with van der Waals surface area (Å²) in [6, 6.07) is 19.7. The van der Waals surface area contributed by atoms with Crippen LogP contribution in [0, 0.1) is 6.92 Å². The molecule has 4 rings (SSSR count). The summed E-state index contributed by atoms with van der Waals surface area (Å²) < 4.78 is 32.7. The largest absolute Gasteiger partial charge is 0.497 e. The lowest BCUT2D eigenvalue weighted by atomic mass is 10.1. The highest BCUT2D eigenvalue weighted by atomic mass is 16.7. The van der Waals surface area contributed by atoms with Crippen molar-refractivity contribution in [2.75, 3.05) is 28.4 Å². The maximum Gasteiger partial charge on any atom is 0.305 e. The molecule has 0 amide bonds. The van der Waals surface area contributed by atoms with E-state index in [4.69, 9.17) is 28.4 Å². The van der Waals surface area contributed by atoms with Gasteiger partial charge in [0, 0.05) is 36.1 Å². The predicted octanol–water partition coefficient (Wildman–Crippen LogP) is 5.48. The van der Waals surface area contributed by atoms with Crippen molar-refractivity contribution < 1.29 is 42.8 Å². The third-order valence-electron chi connectivity index (χ3n) is 5.93. The smallest absolute Gasteiger partial charge is 0.305 e. The average Bonchev–Trinajstić information content (AvgIpc) is 3.30. The minimum atomic E-state index is -0.957. The standard InChI is InChI=1S/C20H21NO5.C11H12O4/c1-12-8-13-9-15(23-2)6-7-16(13)21(12)20(22)14-10-17(24-3)19(26-5)18(11-14)25-4;1-8(12)14-11(15-9(2)13)10-6-4-3-5-7-10/h6-11H,1-5H3;3-7,11H,1-2H3. The Hall–Kier alpha value is -4.99. The zero-order valence-corrected chi connectivity index (χ0v) is 24.0. The Bertz CT molecular complexity index is 1480. The van der Waals surface area contributed by atoms with Crippen molar-refractivity contribution in [2.45, 2.75) is 27.1 Å². The summed E-state index contributed by atoms with van der Waals surface area (Å²) in [7, 11) is 6.19. The molecule has 41 heavy (non-hydrogen) atoms. The number of aryl methyl sites for hydroxylation is 1. The third-order valence-corrected chi connectivity index (χ3v) is 5.93. The molecule has 0 bridgehead atoms. The van der Waals surface area contributed by atoms with Crippen LogP contribution in [0.3, 0.4) is 0 Å². The third kappa shape index (κ3) is 7.36. The first-order chi connectivity index (χ1) is 19.6. The number of hydrogen-bond donors (Lipinski definition) is 0. The maximum atomic E-state index is 13.2. The van der Waals surface area contributed by atoms with Crippen molar-refractivity contribution in [3.63, 3.8) is 0 Å². The molecule has 0 aliphatic rings. The Labute approximate surface area is 238 Å². The molecule has 0 saturated carbocycles. The quantitative estimate of drug-likeness (QED) is 0.203. The topological polar surface area (TPSA) is 112 Å². The van der Waals surface area contributed by atoms with E-state index in [2.05, 4.69) is 0 Å². The van der Waals surface area contributed by atoms with Crippen LogP contribution in [0.25, 0.3) is 10.9 Å². The summed E-state index contributed by atoms with van der Waals surface area (Å²) >= 11 is 0. The van der Waals surface area contributed by atoms with Crippen LogP contribution in [-0.4, -0.2) is 50.9 Å². The number of aromatic nitrogens is 1. The van der Waals surface area contributed by atoms with Crippen LogP contribution in [0.2, 0.25) is 0 Å². The Morgan fingerprint density at radius 1 is 0.707 bits per heavy atom. The van der Waals surface area contributed by atoms with E-state index < -0.39 is 18.2 Å². The number of ether oxygens (including phenoxy) is 6. The van der Waals surface area contributed by atoms with E-state index in [0.29, 0.717) is 28.4 Å². The van der Waals surface area contributed by atoms with Gasteiger partial charge in [-0.3, -0.25) is 19.0 Å². The molecule has 4 aromatic rings.